The fourth-order valence-corrected chi connectivity index (χ4v) is 3.61. The Kier molecular flexibility index (Phi) is 4.78. The fraction of sp³-hybridized carbons (Fsp3) is 0.250. The summed E-state index contributed by atoms with van der Waals surface area (Å²) in [6, 6.07) is 7.75. The van der Waals surface area contributed by atoms with Gasteiger partial charge in [-0.3, -0.25) is 4.40 Å². The van der Waals surface area contributed by atoms with Crippen LogP contribution >= 0.6 is 11.6 Å². The molecule has 0 atom stereocenters. The van der Waals surface area contributed by atoms with Gasteiger partial charge in [0.25, 0.3) is 0 Å². The molecule has 3 aromatic heterocycles. The molecule has 0 aliphatic heterocycles. The van der Waals surface area contributed by atoms with Gasteiger partial charge in [-0.25, -0.2) is 15.0 Å². The van der Waals surface area contributed by atoms with E-state index in [1.165, 1.54) is 0 Å². The van der Waals surface area contributed by atoms with Crippen LogP contribution < -0.4 is 11.1 Å². The van der Waals surface area contributed by atoms with E-state index < -0.39 is 0 Å². The van der Waals surface area contributed by atoms with Crippen molar-refractivity contribution in [3.8, 4) is 11.3 Å². The second kappa shape index (κ2) is 7.26. The number of fused-ring (bicyclic) bond motifs is 3. The van der Waals surface area contributed by atoms with E-state index in [9.17, 15) is 0 Å². The van der Waals surface area contributed by atoms with E-state index in [4.69, 9.17) is 22.3 Å². The van der Waals surface area contributed by atoms with Crippen molar-refractivity contribution in [1.29, 1.82) is 0 Å². The summed E-state index contributed by atoms with van der Waals surface area (Å²) in [4.78, 5) is 15.9. The molecule has 1 aromatic carbocycles. The maximum Gasteiger partial charge on any atom is 0.150 e. The standard InChI is InChI=1S/C20H22ClN7/c1-12-5-4-6-13(21)17(12)18-19-14(9-16(26-18)24-7-8-27(2)3)25-20(22)15-10-23-11-28(15)19/h4-6,9-11H,7-8H2,1-3H3,(H2,22,25)(H,24,26). The molecule has 4 aromatic rings. The molecule has 0 bridgehead atoms. The zero-order valence-corrected chi connectivity index (χ0v) is 16.8. The number of halogens is 1. The first kappa shape index (κ1) is 18.5. The van der Waals surface area contributed by atoms with Crippen LogP contribution in [0.5, 0.6) is 0 Å². The van der Waals surface area contributed by atoms with Crippen LogP contribution in [-0.2, 0) is 0 Å². The lowest BCUT2D eigenvalue weighted by molar-refractivity contribution is 0.425. The Hall–Kier alpha value is -2.90. The van der Waals surface area contributed by atoms with Crippen LogP contribution in [0, 0.1) is 6.92 Å². The molecule has 0 saturated carbocycles. The average molecular weight is 396 g/mol. The number of pyridine rings is 1. The summed E-state index contributed by atoms with van der Waals surface area (Å²) in [7, 11) is 4.07. The van der Waals surface area contributed by atoms with E-state index in [1.807, 2.05) is 49.7 Å². The van der Waals surface area contributed by atoms with Crippen molar-refractivity contribution in [2.24, 2.45) is 0 Å². The number of hydrogen-bond acceptors (Lipinski definition) is 6. The number of aromatic nitrogens is 4. The van der Waals surface area contributed by atoms with Crippen molar-refractivity contribution >= 4 is 39.8 Å². The predicted molar refractivity (Wildman–Crippen MR) is 115 cm³/mol. The number of nitrogens with one attached hydrogen (secondary N) is 1. The third-order valence-electron chi connectivity index (χ3n) is 4.68. The number of hydrogen-bond donors (Lipinski definition) is 2. The largest absolute Gasteiger partial charge is 0.382 e. The highest BCUT2D eigenvalue weighted by atomic mass is 35.5. The third kappa shape index (κ3) is 3.23. The number of imidazole rings is 1. The normalized spacial score (nSPS) is 11.6. The van der Waals surface area contributed by atoms with Crippen LogP contribution in [0.15, 0.2) is 36.8 Å². The fourth-order valence-electron chi connectivity index (χ4n) is 3.30. The number of anilines is 2. The van der Waals surface area contributed by atoms with Gasteiger partial charge in [0.2, 0.25) is 0 Å². The van der Waals surface area contributed by atoms with E-state index in [-0.39, 0.29) is 0 Å². The molecule has 28 heavy (non-hydrogen) atoms. The van der Waals surface area contributed by atoms with Crippen LogP contribution in [0.4, 0.5) is 11.6 Å². The lowest BCUT2D eigenvalue weighted by Crippen LogP contribution is -2.21. The van der Waals surface area contributed by atoms with Crippen molar-refractivity contribution in [1.82, 2.24) is 24.3 Å². The molecular weight excluding hydrogens is 374 g/mol. The molecule has 0 radical (unpaired) electrons. The molecule has 7 nitrogen and oxygen atoms in total. The molecule has 0 spiro atoms. The topological polar surface area (TPSA) is 84.4 Å². The van der Waals surface area contributed by atoms with Gasteiger partial charge in [0, 0.05) is 24.7 Å². The molecule has 0 saturated heterocycles. The van der Waals surface area contributed by atoms with E-state index >= 15 is 0 Å². The Morgan fingerprint density at radius 1 is 1.25 bits per heavy atom. The lowest BCUT2D eigenvalue weighted by Gasteiger charge is -2.16. The highest BCUT2D eigenvalue weighted by Crippen LogP contribution is 2.36. The number of nitrogen functional groups attached to an aromatic ring is 1. The van der Waals surface area contributed by atoms with E-state index in [1.54, 1.807) is 12.5 Å². The minimum Gasteiger partial charge on any atom is -0.382 e. The van der Waals surface area contributed by atoms with Gasteiger partial charge in [-0.2, -0.15) is 0 Å². The molecule has 144 valence electrons. The Bertz CT molecular complexity index is 1150. The van der Waals surface area contributed by atoms with Gasteiger partial charge in [-0.1, -0.05) is 23.7 Å². The SMILES string of the molecule is Cc1cccc(Cl)c1-c1nc(NCCN(C)C)cc2nc(N)c3cncn3c12. The second-order valence-corrected chi connectivity index (χ2v) is 7.44. The van der Waals surface area contributed by atoms with E-state index in [0.29, 0.717) is 10.8 Å². The van der Waals surface area contributed by atoms with Crippen molar-refractivity contribution in [3.63, 3.8) is 0 Å². The lowest BCUT2D eigenvalue weighted by atomic mass is 10.0. The summed E-state index contributed by atoms with van der Waals surface area (Å²) in [5, 5.41) is 4.02. The number of aryl methyl sites for hydroxylation is 1. The maximum absolute atomic E-state index is 6.58. The summed E-state index contributed by atoms with van der Waals surface area (Å²) in [5.41, 5.74) is 11.1. The van der Waals surface area contributed by atoms with Gasteiger partial charge >= 0.3 is 0 Å². The quantitative estimate of drug-likeness (QED) is 0.538. The van der Waals surface area contributed by atoms with Crippen molar-refractivity contribution in [3.05, 3.63) is 47.4 Å². The number of nitrogens with two attached hydrogens (primary N) is 1. The summed E-state index contributed by atoms with van der Waals surface area (Å²) in [5.74, 6) is 1.16. The Labute approximate surface area is 168 Å². The van der Waals surface area contributed by atoms with Crippen LogP contribution in [0.3, 0.4) is 0 Å². The summed E-state index contributed by atoms with van der Waals surface area (Å²) >= 11 is 6.58. The molecule has 4 rings (SSSR count). The Balaban J connectivity index is 2.00. The minimum atomic E-state index is 0.428. The zero-order chi connectivity index (χ0) is 19.8. The van der Waals surface area contributed by atoms with E-state index in [2.05, 4.69) is 20.2 Å². The number of likely N-dealkylation sites (N-methyl/N-ethyl adjacent to an activating group) is 1. The van der Waals surface area contributed by atoms with Crippen LogP contribution in [0.25, 0.3) is 27.8 Å². The highest BCUT2D eigenvalue weighted by Gasteiger charge is 2.18. The molecule has 3 heterocycles. The summed E-state index contributed by atoms with van der Waals surface area (Å²) in [6.45, 7) is 3.67. The van der Waals surface area contributed by atoms with Gasteiger partial charge < -0.3 is 16.0 Å². The number of rotatable bonds is 5. The second-order valence-electron chi connectivity index (χ2n) is 7.03. The molecular formula is C20H22ClN7. The molecule has 0 fully saturated rings. The first-order valence-electron chi connectivity index (χ1n) is 9.02. The molecule has 0 amide bonds. The monoisotopic (exact) mass is 395 g/mol. The molecule has 0 unspecified atom stereocenters. The summed E-state index contributed by atoms with van der Waals surface area (Å²) in [6.07, 6.45) is 3.43. The molecule has 0 aliphatic carbocycles. The predicted octanol–water partition coefficient (Wildman–Crippen LogP) is 3.46. The van der Waals surface area contributed by atoms with Crippen LogP contribution in [0.1, 0.15) is 5.56 Å². The number of benzene rings is 1. The van der Waals surface area contributed by atoms with Gasteiger partial charge in [-0.15, -0.1) is 0 Å². The first-order chi connectivity index (χ1) is 13.5. The number of nitrogens with zero attached hydrogens (tertiary/aromatic N) is 5. The van der Waals surface area contributed by atoms with Crippen molar-refractivity contribution in [2.45, 2.75) is 6.92 Å². The minimum absolute atomic E-state index is 0.428. The molecule has 8 heteroatoms. The van der Waals surface area contributed by atoms with Gasteiger partial charge in [-0.05, 0) is 32.6 Å². The van der Waals surface area contributed by atoms with Gasteiger partial charge in [0.05, 0.1) is 28.6 Å². The van der Waals surface area contributed by atoms with Gasteiger partial charge in [0.15, 0.2) is 0 Å². The smallest absolute Gasteiger partial charge is 0.150 e. The highest BCUT2D eigenvalue weighted by molar-refractivity contribution is 6.33. The van der Waals surface area contributed by atoms with Crippen LogP contribution in [0.2, 0.25) is 5.02 Å². The van der Waals surface area contributed by atoms with Crippen molar-refractivity contribution in [2.75, 3.05) is 38.2 Å². The van der Waals surface area contributed by atoms with Crippen molar-refractivity contribution < 1.29 is 0 Å². The van der Waals surface area contributed by atoms with Crippen LogP contribution in [-0.4, -0.2) is 51.4 Å². The van der Waals surface area contributed by atoms with Gasteiger partial charge in [0.1, 0.15) is 22.8 Å². The van der Waals surface area contributed by atoms with E-state index in [0.717, 1.165) is 52.3 Å². The third-order valence-corrected chi connectivity index (χ3v) is 4.99. The zero-order valence-electron chi connectivity index (χ0n) is 16.1. The summed E-state index contributed by atoms with van der Waals surface area (Å²) < 4.78 is 1.92. The first-order valence-corrected chi connectivity index (χ1v) is 9.40. The molecule has 0 aliphatic rings. The Morgan fingerprint density at radius 2 is 2.07 bits per heavy atom. The average Bonchev–Trinajstić information content (AvgIpc) is 3.11. The Morgan fingerprint density at radius 3 is 2.82 bits per heavy atom. The maximum atomic E-state index is 6.58. The molecule has 3 N–H and O–H groups in total.